The Morgan fingerprint density at radius 3 is 2.80 bits per heavy atom. The Morgan fingerprint density at radius 2 is 2.10 bits per heavy atom. The molecule has 3 N–H and O–H groups in total. The highest BCUT2D eigenvalue weighted by Gasteiger charge is 2.53. The smallest absolute Gasteiger partial charge is 0.0538 e. The van der Waals surface area contributed by atoms with Crippen LogP contribution in [-0.2, 0) is 0 Å². The Morgan fingerprint density at radius 1 is 1.30 bits per heavy atom. The maximum Gasteiger partial charge on any atom is 0.0538 e. The number of nitrogens with two attached hydrogens (primary N) is 1. The average Bonchev–Trinajstić information content (AvgIpc) is 2.20. The summed E-state index contributed by atoms with van der Waals surface area (Å²) in [6.07, 6.45) is 3.83. The molecule has 1 aliphatic carbocycles. The van der Waals surface area contributed by atoms with E-state index >= 15 is 0 Å². The van der Waals surface area contributed by atoms with Gasteiger partial charge in [0.05, 0.1) is 3.42 Å². The van der Waals surface area contributed by atoms with Crippen molar-refractivity contribution in [2.24, 2.45) is 5.73 Å². The topological polar surface area (TPSA) is 38.0 Å². The van der Waals surface area contributed by atoms with Crippen LogP contribution in [0.4, 0.5) is 0 Å². The first-order chi connectivity index (χ1) is 4.66. The van der Waals surface area contributed by atoms with Crippen molar-refractivity contribution >= 4 is 22.6 Å². The Hall–Kier alpha value is 0.650. The van der Waals surface area contributed by atoms with E-state index in [2.05, 4.69) is 27.9 Å². The molecule has 2 atom stereocenters. The molecule has 3 heteroatoms. The zero-order chi connectivity index (χ0) is 7.24. The van der Waals surface area contributed by atoms with Gasteiger partial charge in [-0.05, 0) is 12.8 Å². The quantitative estimate of drug-likeness (QED) is 0.490. The van der Waals surface area contributed by atoms with Crippen LogP contribution < -0.4 is 11.1 Å². The fourth-order valence-electron chi connectivity index (χ4n) is 2.15. The second kappa shape index (κ2) is 2.08. The molecule has 2 nitrogen and oxygen atoms in total. The van der Waals surface area contributed by atoms with Gasteiger partial charge in [0, 0.05) is 18.6 Å². The summed E-state index contributed by atoms with van der Waals surface area (Å²) in [5.74, 6) is 0. The molecule has 1 saturated heterocycles. The van der Waals surface area contributed by atoms with Gasteiger partial charge in [-0.15, -0.1) is 0 Å². The third kappa shape index (κ3) is 0.769. The molecule has 1 heterocycles. The van der Waals surface area contributed by atoms with Crippen molar-refractivity contribution in [3.63, 3.8) is 0 Å². The van der Waals surface area contributed by atoms with Crippen LogP contribution in [0.2, 0.25) is 0 Å². The molecule has 1 saturated carbocycles. The number of alkyl halides is 1. The van der Waals surface area contributed by atoms with Gasteiger partial charge in [-0.25, -0.2) is 0 Å². The summed E-state index contributed by atoms with van der Waals surface area (Å²) in [5, 5.41) is 3.37. The van der Waals surface area contributed by atoms with Crippen molar-refractivity contribution in [2.45, 2.75) is 28.2 Å². The molecule has 0 radical (unpaired) electrons. The Labute approximate surface area is 75.1 Å². The molecular weight excluding hydrogens is 239 g/mol. The third-order valence-electron chi connectivity index (χ3n) is 2.93. The second-order valence-corrected chi connectivity index (χ2v) is 5.64. The number of hydrogen-bond acceptors (Lipinski definition) is 2. The Kier molecular flexibility index (Phi) is 1.52. The van der Waals surface area contributed by atoms with Gasteiger partial charge < -0.3 is 11.1 Å². The third-order valence-corrected chi connectivity index (χ3v) is 4.93. The van der Waals surface area contributed by atoms with Gasteiger partial charge in [-0.3, -0.25) is 0 Å². The molecule has 1 aliphatic heterocycles. The van der Waals surface area contributed by atoms with Gasteiger partial charge in [0.25, 0.3) is 0 Å². The van der Waals surface area contributed by atoms with Crippen LogP contribution in [0, 0.1) is 0 Å². The second-order valence-electron chi connectivity index (χ2n) is 3.58. The van der Waals surface area contributed by atoms with Crippen LogP contribution in [0.1, 0.15) is 19.3 Å². The lowest BCUT2D eigenvalue weighted by atomic mass is 9.92. The molecule has 0 aromatic rings. The molecule has 58 valence electrons. The van der Waals surface area contributed by atoms with Crippen molar-refractivity contribution < 1.29 is 0 Å². The van der Waals surface area contributed by atoms with Gasteiger partial charge >= 0.3 is 0 Å². The van der Waals surface area contributed by atoms with Gasteiger partial charge in [0.15, 0.2) is 0 Å². The number of fused-ring (bicyclic) bond motifs is 1. The fourth-order valence-corrected chi connectivity index (χ4v) is 3.26. The first-order valence-corrected chi connectivity index (χ1v) is 4.93. The van der Waals surface area contributed by atoms with Gasteiger partial charge in [0.1, 0.15) is 0 Å². The predicted molar refractivity (Wildman–Crippen MR) is 50.4 cm³/mol. The van der Waals surface area contributed by atoms with Crippen molar-refractivity contribution in [3.8, 4) is 0 Å². The normalized spacial score (nSPS) is 53.4. The van der Waals surface area contributed by atoms with E-state index in [1.165, 1.54) is 19.3 Å². The van der Waals surface area contributed by atoms with Gasteiger partial charge in [-0.1, -0.05) is 29.0 Å². The maximum absolute atomic E-state index is 6.23. The lowest BCUT2D eigenvalue weighted by Gasteiger charge is -2.30. The first-order valence-electron chi connectivity index (χ1n) is 3.85. The lowest BCUT2D eigenvalue weighted by Crippen LogP contribution is -2.52. The monoisotopic (exact) mass is 252 g/mol. The summed E-state index contributed by atoms with van der Waals surface area (Å²) in [4.78, 5) is 0. The summed E-state index contributed by atoms with van der Waals surface area (Å²) < 4.78 is 0.380. The lowest BCUT2D eigenvalue weighted by molar-refractivity contribution is 0.450. The molecule has 0 unspecified atom stereocenters. The molecule has 2 rings (SSSR count). The van der Waals surface area contributed by atoms with Crippen molar-refractivity contribution in [1.29, 1.82) is 0 Å². The van der Waals surface area contributed by atoms with E-state index in [-0.39, 0.29) is 5.54 Å². The number of hydrogen-bond donors (Lipinski definition) is 2. The van der Waals surface area contributed by atoms with E-state index in [0.717, 1.165) is 13.1 Å². The molecule has 10 heavy (non-hydrogen) atoms. The van der Waals surface area contributed by atoms with Crippen molar-refractivity contribution in [3.05, 3.63) is 0 Å². The molecule has 2 aliphatic rings. The van der Waals surface area contributed by atoms with Gasteiger partial charge in [0.2, 0.25) is 0 Å². The van der Waals surface area contributed by atoms with E-state index < -0.39 is 0 Å². The van der Waals surface area contributed by atoms with Gasteiger partial charge in [-0.2, -0.15) is 0 Å². The highest BCUT2D eigenvalue weighted by atomic mass is 127. The van der Waals surface area contributed by atoms with Crippen LogP contribution >= 0.6 is 22.6 Å². The predicted octanol–water partition coefficient (Wildman–Crippen LogP) is 0.645. The van der Waals surface area contributed by atoms with Crippen LogP contribution in [-0.4, -0.2) is 22.1 Å². The largest absolute Gasteiger partial charge is 0.323 e. The van der Waals surface area contributed by atoms with Crippen molar-refractivity contribution in [2.75, 3.05) is 13.1 Å². The number of nitrogens with one attached hydrogen (secondary N) is 1. The van der Waals surface area contributed by atoms with E-state index in [0.29, 0.717) is 3.42 Å². The average molecular weight is 252 g/mol. The summed E-state index contributed by atoms with van der Waals surface area (Å²) in [6, 6.07) is 0. The zero-order valence-electron chi connectivity index (χ0n) is 5.99. The zero-order valence-corrected chi connectivity index (χ0v) is 8.15. The van der Waals surface area contributed by atoms with Crippen molar-refractivity contribution in [1.82, 2.24) is 5.32 Å². The Balaban J connectivity index is 2.30. The van der Waals surface area contributed by atoms with E-state index in [9.17, 15) is 0 Å². The number of halogens is 1. The van der Waals surface area contributed by atoms with Crippen LogP contribution in [0.15, 0.2) is 0 Å². The minimum atomic E-state index is 0.119. The minimum absolute atomic E-state index is 0.119. The fraction of sp³-hybridized carbons (Fsp3) is 1.00. The molecule has 0 aromatic carbocycles. The first kappa shape index (κ1) is 7.31. The summed E-state index contributed by atoms with van der Waals surface area (Å²) in [5.41, 5.74) is 6.35. The number of rotatable bonds is 0. The molecule has 0 spiro atoms. The molecule has 0 bridgehead atoms. The summed E-state index contributed by atoms with van der Waals surface area (Å²) >= 11 is 2.55. The SMILES string of the molecule is N[C@@]12CCC[C@]1(I)CNC2. The van der Waals surface area contributed by atoms with Crippen LogP contribution in [0.3, 0.4) is 0 Å². The molecular formula is C7H13IN2. The van der Waals surface area contributed by atoms with Crippen LogP contribution in [0.25, 0.3) is 0 Å². The summed E-state index contributed by atoms with van der Waals surface area (Å²) in [6.45, 7) is 2.14. The van der Waals surface area contributed by atoms with E-state index in [1.54, 1.807) is 0 Å². The van der Waals surface area contributed by atoms with E-state index in [4.69, 9.17) is 5.73 Å². The van der Waals surface area contributed by atoms with E-state index in [1.807, 2.05) is 0 Å². The highest BCUT2D eigenvalue weighted by molar-refractivity contribution is 14.1. The maximum atomic E-state index is 6.23. The standard InChI is InChI=1S/C7H13IN2/c8-6-2-1-3-7(6,9)5-10-4-6/h10H,1-5,9H2/t6-,7+/m0/s1. The highest BCUT2D eigenvalue weighted by Crippen LogP contribution is 2.46. The molecule has 0 amide bonds. The minimum Gasteiger partial charge on any atom is -0.323 e. The molecule has 2 fully saturated rings. The van der Waals surface area contributed by atoms with Crippen LogP contribution in [0.5, 0.6) is 0 Å². The summed E-state index contributed by atoms with van der Waals surface area (Å²) in [7, 11) is 0. The Bertz CT molecular complexity index is 132. The molecule has 0 aromatic heterocycles.